The number of amides is 1. The van der Waals surface area contributed by atoms with Crippen LogP contribution in [0.15, 0.2) is 42.7 Å². The molecular weight excluding hydrogens is 367 g/mol. The van der Waals surface area contributed by atoms with Gasteiger partial charge in [0.05, 0.1) is 17.3 Å². The number of rotatable bonds is 7. The monoisotopic (exact) mass is 396 g/mol. The first-order valence-corrected chi connectivity index (χ1v) is 10.5. The first-order chi connectivity index (χ1) is 14.0. The Morgan fingerprint density at radius 2 is 2.03 bits per heavy atom. The molecule has 3 atom stereocenters. The van der Waals surface area contributed by atoms with E-state index in [4.69, 9.17) is 5.73 Å². The highest BCUT2D eigenvalue weighted by molar-refractivity contribution is 5.95. The van der Waals surface area contributed by atoms with Crippen LogP contribution < -0.4 is 16.4 Å². The molecule has 154 valence electrons. The molecule has 6 heteroatoms. The minimum absolute atomic E-state index is 0.184. The lowest BCUT2D eigenvalue weighted by atomic mass is 9.79. The first kappa shape index (κ1) is 20.0. The van der Waals surface area contributed by atoms with Gasteiger partial charge in [-0.15, -0.1) is 0 Å². The molecule has 1 saturated heterocycles. The molecule has 1 saturated carbocycles. The number of carbonyl (C=O) groups is 1. The third-order valence-electron chi connectivity index (χ3n) is 6.25. The summed E-state index contributed by atoms with van der Waals surface area (Å²) in [5.74, 6) is 0.518. The van der Waals surface area contributed by atoms with E-state index >= 15 is 0 Å². The van der Waals surface area contributed by atoms with Crippen molar-refractivity contribution in [2.24, 2.45) is 17.6 Å². The lowest BCUT2D eigenvalue weighted by molar-refractivity contribution is -0.117. The van der Waals surface area contributed by atoms with Crippen molar-refractivity contribution in [3.8, 4) is 0 Å². The van der Waals surface area contributed by atoms with Gasteiger partial charge < -0.3 is 16.4 Å². The maximum absolute atomic E-state index is 14.5. The van der Waals surface area contributed by atoms with Crippen LogP contribution in [-0.4, -0.2) is 23.5 Å². The molecule has 4 N–H and O–H groups in total. The van der Waals surface area contributed by atoms with Crippen LogP contribution in [0.3, 0.4) is 0 Å². The topological polar surface area (TPSA) is 80.0 Å². The second kappa shape index (κ2) is 8.20. The van der Waals surface area contributed by atoms with Crippen molar-refractivity contribution in [1.29, 1.82) is 0 Å². The Bertz CT molecular complexity index is 870. The van der Waals surface area contributed by atoms with Crippen molar-refractivity contribution in [2.75, 3.05) is 11.9 Å². The van der Waals surface area contributed by atoms with E-state index in [1.807, 2.05) is 12.1 Å². The number of carbonyl (C=O) groups excluding carboxylic acids is 1. The molecule has 1 aromatic heterocycles. The van der Waals surface area contributed by atoms with Crippen molar-refractivity contribution < 1.29 is 9.18 Å². The van der Waals surface area contributed by atoms with Crippen LogP contribution in [0.4, 0.5) is 10.1 Å². The molecule has 2 aromatic rings. The molecular formula is C23H29FN4O. The minimum Gasteiger partial charge on any atom is -0.322 e. The highest BCUT2D eigenvalue weighted by atomic mass is 19.1. The SMILES string of the molecule is C[C@H]1CN[C@@H](C(=O)Nc2cc(C(N)(CCC3CC3)c3ccncc3)ccc2F)C1. The lowest BCUT2D eigenvalue weighted by Crippen LogP contribution is -2.39. The number of anilines is 1. The van der Waals surface area contributed by atoms with Crippen LogP contribution in [0.5, 0.6) is 0 Å². The molecule has 0 radical (unpaired) electrons. The van der Waals surface area contributed by atoms with Crippen molar-refractivity contribution >= 4 is 11.6 Å². The zero-order valence-corrected chi connectivity index (χ0v) is 16.8. The molecule has 1 unspecified atom stereocenters. The number of hydrogen-bond donors (Lipinski definition) is 3. The van der Waals surface area contributed by atoms with Gasteiger partial charge in [0, 0.05) is 12.4 Å². The summed E-state index contributed by atoms with van der Waals surface area (Å²) in [5, 5.41) is 5.96. The molecule has 2 fully saturated rings. The zero-order valence-electron chi connectivity index (χ0n) is 16.8. The predicted octanol–water partition coefficient (Wildman–Crippen LogP) is 3.55. The zero-order chi connectivity index (χ0) is 20.4. The van der Waals surface area contributed by atoms with Gasteiger partial charge in [0.15, 0.2) is 0 Å². The minimum atomic E-state index is -0.751. The molecule has 2 aliphatic rings. The molecule has 1 aliphatic heterocycles. The third-order valence-corrected chi connectivity index (χ3v) is 6.25. The number of nitrogens with zero attached hydrogens (tertiary/aromatic N) is 1. The Balaban J connectivity index is 1.61. The van der Waals surface area contributed by atoms with Crippen molar-refractivity contribution in [1.82, 2.24) is 10.3 Å². The standard InChI is InChI=1S/C23H29FN4O/c1-15-12-21(27-14-15)22(29)28-20-13-18(4-5-19(20)24)23(25,9-6-16-2-3-16)17-7-10-26-11-8-17/h4-5,7-8,10-11,13,15-16,21,27H,2-3,6,9,12,14,25H2,1H3,(H,28,29)/t15-,21-,23?/m1/s1. The van der Waals surface area contributed by atoms with Gasteiger partial charge in [0.25, 0.3) is 0 Å². The fourth-order valence-electron chi connectivity index (χ4n) is 4.17. The van der Waals surface area contributed by atoms with Gasteiger partial charge in [-0.1, -0.05) is 25.8 Å². The van der Waals surface area contributed by atoms with Gasteiger partial charge in [-0.25, -0.2) is 4.39 Å². The molecule has 0 bridgehead atoms. The number of halogens is 1. The van der Waals surface area contributed by atoms with Gasteiger partial charge in [0.1, 0.15) is 5.82 Å². The van der Waals surface area contributed by atoms with Crippen LogP contribution in [0.2, 0.25) is 0 Å². The smallest absolute Gasteiger partial charge is 0.241 e. The Hall–Kier alpha value is -2.31. The second-order valence-corrected chi connectivity index (χ2v) is 8.67. The van der Waals surface area contributed by atoms with E-state index in [-0.39, 0.29) is 17.6 Å². The fraction of sp³-hybridized carbons (Fsp3) is 0.478. The number of pyridine rings is 1. The summed E-state index contributed by atoms with van der Waals surface area (Å²) >= 11 is 0. The maximum atomic E-state index is 14.5. The van der Waals surface area contributed by atoms with Crippen LogP contribution >= 0.6 is 0 Å². The number of nitrogens with one attached hydrogen (secondary N) is 2. The average Bonchev–Trinajstić information content (AvgIpc) is 3.46. The molecule has 4 rings (SSSR count). The molecule has 1 aromatic carbocycles. The normalized spacial score (nSPS) is 23.6. The summed E-state index contributed by atoms with van der Waals surface area (Å²) in [5.41, 5.74) is 8.11. The van der Waals surface area contributed by atoms with Gasteiger partial charge in [-0.2, -0.15) is 0 Å². The van der Waals surface area contributed by atoms with Crippen molar-refractivity contribution in [3.63, 3.8) is 0 Å². The summed E-state index contributed by atoms with van der Waals surface area (Å²) < 4.78 is 14.5. The third kappa shape index (κ3) is 4.49. The van der Waals surface area contributed by atoms with E-state index in [0.29, 0.717) is 5.92 Å². The summed E-state index contributed by atoms with van der Waals surface area (Å²) in [6, 6.07) is 8.37. The molecule has 29 heavy (non-hydrogen) atoms. The van der Waals surface area contributed by atoms with Gasteiger partial charge in [-0.05, 0) is 73.0 Å². The Morgan fingerprint density at radius 3 is 2.69 bits per heavy atom. The van der Waals surface area contributed by atoms with E-state index in [9.17, 15) is 9.18 Å². The number of hydrogen-bond acceptors (Lipinski definition) is 4. The van der Waals surface area contributed by atoms with Gasteiger partial charge in [0.2, 0.25) is 5.91 Å². The quantitative estimate of drug-likeness (QED) is 0.669. The second-order valence-electron chi connectivity index (χ2n) is 8.67. The van der Waals surface area contributed by atoms with E-state index in [0.717, 1.165) is 42.9 Å². The molecule has 1 amide bonds. The molecule has 2 heterocycles. The number of aromatic nitrogens is 1. The summed E-state index contributed by atoms with van der Waals surface area (Å²) in [7, 11) is 0. The van der Waals surface area contributed by atoms with E-state index in [1.54, 1.807) is 24.5 Å². The Morgan fingerprint density at radius 1 is 1.28 bits per heavy atom. The molecule has 1 aliphatic carbocycles. The van der Waals surface area contributed by atoms with Gasteiger partial charge in [-0.3, -0.25) is 9.78 Å². The van der Waals surface area contributed by atoms with Crippen molar-refractivity contribution in [2.45, 2.75) is 50.6 Å². The van der Waals surface area contributed by atoms with Crippen molar-refractivity contribution in [3.05, 3.63) is 59.7 Å². The Labute approximate surface area is 171 Å². The van der Waals surface area contributed by atoms with Crippen LogP contribution in [0.1, 0.15) is 50.2 Å². The summed E-state index contributed by atoms with van der Waals surface area (Å²) in [6.07, 6.45) is 8.52. The fourth-order valence-corrected chi connectivity index (χ4v) is 4.17. The first-order valence-electron chi connectivity index (χ1n) is 10.5. The summed E-state index contributed by atoms with van der Waals surface area (Å²) in [4.78, 5) is 16.7. The predicted molar refractivity (Wildman–Crippen MR) is 112 cm³/mol. The molecule has 5 nitrogen and oxygen atoms in total. The Kier molecular flexibility index (Phi) is 5.65. The largest absolute Gasteiger partial charge is 0.322 e. The van der Waals surface area contributed by atoms with Crippen LogP contribution in [-0.2, 0) is 10.3 Å². The highest BCUT2D eigenvalue weighted by Gasteiger charge is 2.34. The van der Waals surface area contributed by atoms with E-state index in [1.165, 1.54) is 18.9 Å². The summed E-state index contributed by atoms with van der Waals surface area (Å²) in [6.45, 7) is 2.90. The van der Waals surface area contributed by atoms with E-state index in [2.05, 4.69) is 22.5 Å². The lowest BCUT2D eigenvalue weighted by Gasteiger charge is -2.31. The maximum Gasteiger partial charge on any atom is 0.241 e. The number of benzene rings is 1. The number of nitrogens with two attached hydrogens (primary N) is 1. The molecule has 0 spiro atoms. The van der Waals surface area contributed by atoms with Crippen LogP contribution in [0, 0.1) is 17.7 Å². The van der Waals surface area contributed by atoms with Gasteiger partial charge >= 0.3 is 0 Å². The van der Waals surface area contributed by atoms with Crippen LogP contribution in [0.25, 0.3) is 0 Å². The highest BCUT2D eigenvalue weighted by Crippen LogP contribution is 2.40. The average molecular weight is 397 g/mol. The van der Waals surface area contributed by atoms with E-state index < -0.39 is 11.4 Å².